The number of carboxylic acid groups (broad SMARTS) is 1. The van der Waals surface area contributed by atoms with Crippen molar-refractivity contribution < 1.29 is 20.9 Å². The lowest BCUT2D eigenvalue weighted by Gasteiger charge is -2.08. The highest BCUT2D eigenvalue weighted by Crippen LogP contribution is 2.36. The molecule has 3 aliphatic rings. The molecule has 0 fully saturated rings. The predicted octanol–water partition coefficient (Wildman–Crippen LogP) is 0.662. The van der Waals surface area contributed by atoms with Gasteiger partial charge in [-0.3, -0.25) is 4.98 Å². The Kier molecular flexibility index (Phi) is 3.46. The van der Waals surface area contributed by atoms with Gasteiger partial charge in [-0.1, -0.05) is 24.3 Å². The third-order valence-corrected chi connectivity index (χ3v) is 3.43. The average molecular weight is 287 g/mol. The second kappa shape index (κ2) is 4.97. The minimum atomic E-state index is -0.979. The highest BCUT2D eigenvalue weighted by atomic mass is 16.4. The molecule has 7 nitrogen and oxygen atoms in total. The van der Waals surface area contributed by atoms with Crippen molar-refractivity contribution >= 4 is 28.3 Å². The summed E-state index contributed by atoms with van der Waals surface area (Å²) in [5, 5.41) is 11.2. The van der Waals surface area contributed by atoms with Crippen LogP contribution in [0.2, 0.25) is 0 Å². The van der Waals surface area contributed by atoms with Crippen LogP contribution in [0, 0.1) is 0 Å². The molecule has 1 aromatic carbocycles. The second-order valence-corrected chi connectivity index (χ2v) is 4.53. The van der Waals surface area contributed by atoms with Crippen LogP contribution >= 0.6 is 0 Å². The molecular weight excluding hydrogens is 274 g/mol. The third-order valence-electron chi connectivity index (χ3n) is 3.43. The molecule has 0 saturated carbocycles. The van der Waals surface area contributed by atoms with Crippen molar-refractivity contribution in [2.45, 2.75) is 6.54 Å². The van der Waals surface area contributed by atoms with Crippen LogP contribution in [0.25, 0.3) is 22.2 Å². The van der Waals surface area contributed by atoms with Gasteiger partial charge < -0.3 is 20.6 Å². The lowest BCUT2D eigenvalue weighted by atomic mass is 10.2. The summed E-state index contributed by atoms with van der Waals surface area (Å²) >= 11 is 0. The first-order valence-electron chi connectivity index (χ1n) is 5.92. The highest BCUT2D eigenvalue weighted by molar-refractivity contribution is 6.36. The van der Waals surface area contributed by atoms with Crippen LogP contribution in [-0.2, 0) is 11.3 Å². The number of aromatic nitrogens is 2. The molecule has 0 aromatic heterocycles. The number of hydrogen-bond donors (Lipinski definition) is 1. The maximum absolute atomic E-state index is 11.0. The Balaban J connectivity index is 0.000000807. The van der Waals surface area contributed by atoms with E-state index in [0.717, 1.165) is 22.2 Å². The van der Waals surface area contributed by atoms with Crippen LogP contribution in [0.4, 0.5) is 5.82 Å². The minimum absolute atomic E-state index is 0. The standard InChI is InChI=1S/C14H9N3O2.2H2O/c18-14(19)10-7-17-11-5-8-3-1-2-4-9(8)13(11)15-6-12(17)16-10;;/h1-6H,7H2,(H,18,19);2*1H2. The van der Waals surface area contributed by atoms with Crippen molar-refractivity contribution in [3.05, 3.63) is 36.5 Å². The van der Waals surface area contributed by atoms with Crippen molar-refractivity contribution in [1.29, 1.82) is 0 Å². The number of benzene rings is 1. The van der Waals surface area contributed by atoms with Crippen molar-refractivity contribution in [1.82, 2.24) is 9.55 Å². The molecule has 5 N–H and O–H groups in total. The quantitative estimate of drug-likeness (QED) is 0.705. The van der Waals surface area contributed by atoms with Crippen molar-refractivity contribution in [3.8, 4) is 11.4 Å². The number of fused-ring (bicyclic) bond motifs is 5. The van der Waals surface area contributed by atoms with Crippen LogP contribution in [0.1, 0.15) is 0 Å². The fourth-order valence-electron chi connectivity index (χ4n) is 2.54. The first-order chi connectivity index (χ1) is 9.24. The predicted molar refractivity (Wildman–Crippen MR) is 78.3 cm³/mol. The van der Waals surface area contributed by atoms with Gasteiger partial charge in [-0.05, 0) is 11.5 Å². The van der Waals surface area contributed by atoms with Gasteiger partial charge in [0, 0.05) is 5.39 Å². The highest BCUT2D eigenvalue weighted by Gasteiger charge is 2.24. The molecule has 4 rings (SSSR count). The summed E-state index contributed by atoms with van der Waals surface area (Å²) in [5.74, 6) is -0.381. The van der Waals surface area contributed by atoms with Gasteiger partial charge in [0.25, 0.3) is 0 Å². The molecule has 0 radical (unpaired) electrons. The van der Waals surface area contributed by atoms with Gasteiger partial charge in [-0.15, -0.1) is 0 Å². The van der Waals surface area contributed by atoms with Gasteiger partial charge in [-0.25, -0.2) is 9.79 Å². The summed E-state index contributed by atoms with van der Waals surface area (Å²) in [7, 11) is 0. The Hall–Kier alpha value is -2.77. The van der Waals surface area contributed by atoms with E-state index < -0.39 is 5.97 Å². The SMILES string of the molecule is O.O.O=C(O)C1=Nc2cnc3c4ccccc4cc-3n2C1. The van der Waals surface area contributed by atoms with E-state index in [9.17, 15) is 4.79 Å². The molecule has 21 heavy (non-hydrogen) atoms. The number of carboxylic acids is 1. The molecule has 1 aliphatic carbocycles. The number of carbonyl (C=O) groups is 1. The molecule has 108 valence electrons. The molecule has 0 amide bonds. The topological polar surface area (TPSA) is 130 Å². The number of aliphatic imine (C=N–C) groups is 1. The molecule has 7 heteroatoms. The normalized spacial score (nSPS) is 12.5. The molecule has 0 saturated heterocycles. The molecule has 0 bridgehead atoms. The van der Waals surface area contributed by atoms with Gasteiger partial charge in [-0.2, -0.15) is 0 Å². The summed E-state index contributed by atoms with van der Waals surface area (Å²) in [6, 6.07) is 10.0. The Bertz CT molecular complexity index is 838. The van der Waals surface area contributed by atoms with E-state index in [1.54, 1.807) is 6.20 Å². The zero-order valence-corrected chi connectivity index (χ0v) is 10.9. The van der Waals surface area contributed by atoms with Gasteiger partial charge in [0.1, 0.15) is 5.71 Å². The Morgan fingerprint density at radius 2 is 2.00 bits per heavy atom. The number of aliphatic carboxylic acids is 1. The van der Waals surface area contributed by atoms with Gasteiger partial charge in [0.05, 0.1) is 24.1 Å². The number of nitrogens with zero attached hydrogens (tertiary/aromatic N) is 3. The molecular formula is C14H13N3O4. The van der Waals surface area contributed by atoms with Gasteiger partial charge in [0.15, 0.2) is 5.82 Å². The Morgan fingerprint density at radius 1 is 1.24 bits per heavy atom. The third kappa shape index (κ3) is 1.95. The van der Waals surface area contributed by atoms with Crippen molar-refractivity contribution in [2.75, 3.05) is 0 Å². The van der Waals surface area contributed by atoms with Crippen LogP contribution in [0.5, 0.6) is 0 Å². The van der Waals surface area contributed by atoms with Crippen LogP contribution in [0.3, 0.4) is 0 Å². The van der Waals surface area contributed by atoms with Crippen molar-refractivity contribution in [3.63, 3.8) is 0 Å². The largest absolute Gasteiger partial charge is 0.477 e. The lowest BCUT2D eigenvalue weighted by Crippen LogP contribution is -2.15. The molecule has 0 spiro atoms. The first-order valence-corrected chi connectivity index (χ1v) is 5.92. The second-order valence-electron chi connectivity index (χ2n) is 4.53. The molecule has 1 aromatic rings. The number of rotatable bonds is 1. The van der Waals surface area contributed by atoms with E-state index in [2.05, 4.69) is 9.98 Å². The van der Waals surface area contributed by atoms with Gasteiger partial charge >= 0.3 is 5.97 Å². The fourth-order valence-corrected chi connectivity index (χ4v) is 2.54. The Labute approximate surface area is 119 Å². The van der Waals surface area contributed by atoms with E-state index in [1.165, 1.54) is 0 Å². The van der Waals surface area contributed by atoms with E-state index in [4.69, 9.17) is 5.11 Å². The van der Waals surface area contributed by atoms with Crippen molar-refractivity contribution in [2.24, 2.45) is 4.99 Å². The lowest BCUT2D eigenvalue weighted by molar-refractivity contribution is -0.129. The van der Waals surface area contributed by atoms with E-state index >= 15 is 0 Å². The molecule has 0 atom stereocenters. The summed E-state index contributed by atoms with van der Waals surface area (Å²) in [5.41, 5.74) is 1.97. The number of hydrogen-bond acceptors (Lipinski definition) is 3. The van der Waals surface area contributed by atoms with E-state index in [0.29, 0.717) is 12.4 Å². The molecule has 2 aliphatic heterocycles. The van der Waals surface area contributed by atoms with Crippen LogP contribution < -0.4 is 0 Å². The van der Waals surface area contributed by atoms with E-state index in [-0.39, 0.29) is 16.7 Å². The van der Waals surface area contributed by atoms with E-state index in [1.807, 2.05) is 34.9 Å². The minimum Gasteiger partial charge on any atom is -0.477 e. The first kappa shape index (κ1) is 14.6. The smallest absolute Gasteiger partial charge is 0.352 e. The summed E-state index contributed by atoms with van der Waals surface area (Å²) < 4.78 is 1.89. The van der Waals surface area contributed by atoms with Crippen LogP contribution in [-0.4, -0.2) is 37.3 Å². The van der Waals surface area contributed by atoms with Gasteiger partial charge in [0.2, 0.25) is 0 Å². The maximum Gasteiger partial charge on any atom is 0.352 e. The Morgan fingerprint density at radius 3 is 2.76 bits per heavy atom. The summed E-state index contributed by atoms with van der Waals surface area (Å²) in [6.07, 6.45) is 1.63. The zero-order chi connectivity index (χ0) is 13.0. The summed E-state index contributed by atoms with van der Waals surface area (Å²) in [6.45, 7) is 0.292. The zero-order valence-electron chi connectivity index (χ0n) is 10.9. The molecule has 0 unspecified atom stereocenters. The fraction of sp³-hybridized carbons (Fsp3) is 0.0714. The average Bonchev–Trinajstić information content (AvgIpc) is 2.99. The molecule has 2 heterocycles. The van der Waals surface area contributed by atoms with Crippen LogP contribution in [0.15, 0.2) is 41.5 Å². The summed E-state index contributed by atoms with van der Waals surface area (Å²) in [4.78, 5) is 19.5. The maximum atomic E-state index is 11.0. The monoisotopic (exact) mass is 287 g/mol.